The first-order valence-electron chi connectivity index (χ1n) is 11.5. The Morgan fingerprint density at radius 2 is 1.40 bits per heavy atom. The molecule has 1 heterocycles. The second kappa shape index (κ2) is 7.98. The smallest absolute Gasteiger partial charge is 0.251 e. The van der Waals surface area contributed by atoms with Gasteiger partial charge in [-0.1, -0.05) is 42.5 Å². The quantitative estimate of drug-likeness (QED) is 0.362. The zero-order valence-electron chi connectivity index (χ0n) is 20.1. The first kappa shape index (κ1) is 22.7. The van der Waals surface area contributed by atoms with Gasteiger partial charge in [-0.15, -0.1) is 0 Å². The van der Waals surface area contributed by atoms with Gasteiger partial charge in [-0.25, -0.2) is 4.39 Å². The van der Waals surface area contributed by atoms with E-state index < -0.39 is 11.2 Å². The van der Waals surface area contributed by atoms with Crippen LogP contribution in [-0.4, -0.2) is 16.1 Å². The van der Waals surface area contributed by atoms with Crippen molar-refractivity contribution < 1.29 is 19.4 Å². The highest BCUT2D eigenvalue weighted by Crippen LogP contribution is 2.55. The van der Waals surface area contributed by atoms with Crippen LogP contribution in [0, 0.1) is 33.5 Å². The minimum absolute atomic E-state index is 0.135. The van der Waals surface area contributed by atoms with Gasteiger partial charge in [0.15, 0.2) is 0 Å². The number of fused-ring (bicyclic) bond motifs is 1. The predicted molar refractivity (Wildman–Crippen MR) is 135 cm³/mol. The maximum atomic E-state index is 14.9. The van der Waals surface area contributed by atoms with Crippen molar-refractivity contribution in [2.75, 3.05) is 4.90 Å². The van der Waals surface area contributed by atoms with E-state index in [4.69, 9.17) is 0 Å². The molecule has 1 unspecified atom stereocenters. The number of benzene rings is 4. The Hall–Kier alpha value is -4.12. The van der Waals surface area contributed by atoms with E-state index in [9.17, 15) is 19.4 Å². The van der Waals surface area contributed by atoms with Crippen LogP contribution in [0.5, 0.6) is 11.5 Å². The largest absolute Gasteiger partial charge is 0.507 e. The van der Waals surface area contributed by atoms with Crippen molar-refractivity contribution in [3.05, 3.63) is 118 Å². The number of hydrogen-bond donors (Lipinski definition) is 2. The molecule has 0 aliphatic carbocycles. The van der Waals surface area contributed by atoms with E-state index in [1.54, 1.807) is 37.8 Å². The molecule has 4 aromatic carbocycles. The number of carbonyl (C=O) groups is 1. The van der Waals surface area contributed by atoms with Gasteiger partial charge in [0, 0.05) is 16.8 Å². The number of phenols is 2. The summed E-state index contributed by atoms with van der Waals surface area (Å²) in [6, 6.07) is 21.0. The normalized spacial score (nSPS) is 17.1. The molecule has 1 amide bonds. The van der Waals surface area contributed by atoms with E-state index in [0.717, 1.165) is 5.56 Å². The third-order valence-corrected chi connectivity index (χ3v) is 6.93. The van der Waals surface area contributed by atoms with Crippen molar-refractivity contribution in [2.45, 2.75) is 33.1 Å². The van der Waals surface area contributed by atoms with Gasteiger partial charge in [-0.2, -0.15) is 0 Å². The average Bonchev–Trinajstić information content (AvgIpc) is 3.08. The second-order valence-corrected chi connectivity index (χ2v) is 9.32. The molecule has 1 atom stereocenters. The summed E-state index contributed by atoms with van der Waals surface area (Å²) in [6.45, 7) is 7.10. The number of phenolic OH excluding ortho intramolecular Hbond substituents is 2. The number of anilines is 2. The van der Waals surface area contributed by atoms with Crippen molar-refractivity contribution in [1.82, 2.24) is 0 Å². The zero-order valence-corrected chi connectivity index (χ0v) is 20.1. The number of aromatic hydroxyl groups is 2. The van der Waals surface area contributed by atoms with E-state index in [-0.39, 0.29) is 23.0 Å². The van der Waals surface area contributed by atoms with Gasteiger partial charge in [0.05, 0.1) is 5.69 Å². The molecule has 0 saturated carbocycles. The number of halogens is 1. The lowest BCUT2D eigenvalue weighted by atomic mass is 9.68. The molecule has 4 nitrogen and oxygen atoms in total. The Morgan fingerprint density at radius 1 is 0.743 bits per heavy atom. The summed E-state index contributed by atoms with van der Waals surface area (Å²) < 4.78 is 14.9. The van der Waals surface area contributed by atoms with Crippen LogP contribution in [0.25, 0.3) is 0 Å². The third-order valence-electron chi connectivity index (χ3n) is 6.93. The van der Waals surface area contributed by atoms with Crippen molar-refractivity contribution >= 4 is 17.3 Å². The fourth-order valence-corrected chi connectivity index (χ4v) is 5.29. The first-order valence-corrected chi connectivity index (χ1v) is 11.5. The molecule has 0 aromatic heterocycles. The maximum absolute atomic E-state index is 14.9. The van der Waals surface area contributed by atoms with Crippen LogP contribution >= 0.6 is 0 Å². The van der Waals surface area contributed by atoms with Crippen molar-refractivity contribution in [3.63, 3.8) is 0 Å². The summed E-state index contributed by atoms with van der Waals surface area (Å²) in [5.41, 5.74) is 3.69. The standard InChI is InChI=1S/C30H26FNO3/c1-17-8-7-9-23(12-17)32-26-11-6-5-10-24(26)30(29(32)35,21-13-18(2)27(33)19(3)14-21)25-16-22(31)15-20(4)28(25)34/h5-16,33-34H,1-4H3. The summed E-state index contributed by atoms with van der Waals surface area (Å²) in [4.78, 5) is 16.3. The highest BCUT2D eigenvalue weighted by atomic mass is 19.1. The van der Waals surface area contributed by atoms with Crippen LogP contribution < -0.4 is 4.90 Å². The molecule has 2 N–H and O–H groups in total. The van der Waals surface area contributed by atoms with Crippen molar-refractivity contribution in [3.8, 4) is 11.5 Å². The van der Waals surface area contributed by atoms with Crippen LogP contribution in [0.3, 0.4) is 0 Å². The van der Waals surface area contributed by atoms with Gasteiger partial charge >= 0.3 is 0 Å². The summed E-state index contributed by atoms with van der Waals surface area (Å²) >= 11 is 0. The molecule has 5 heteroatoms. The molecule has 35 heavy (non-hydrogen) atoms. The Balaban J connectivity index is 1.95. The van der Waals surface area contributed by atoms with Gasteiger partial charge in [0.1, 0.15) is 22.7 Å². The fraction of sp³-hybridized carbons (Fsp3) is 0.167. The Labute approximate surface area is 203 Å². The third kappa shape index (κ3) is 3.22. The number of nitrogens with zero attached hydrogens (tertiary/aromatic N) is 1. The van der Waals surface area contributed by atoms with E-state index in [0.29, 0.717) is 39.2 Å². The van der Waals surface area contributed by atoms with Gasteiger partial charge < -0.3 is 10.2 Å². The minimum Gasteiger partial charge on any atom is -0.507 e. The van der Waals surface area contributed by atoms with Crippen LogP contribution in [0.1, 0.15) is 38.9 Å². The lowest BCUT2D eigenvalue weighted by Crippen LogP contribution is -2.41. The molecule has 0 spiro atoms. The van der Waals surface area contributed by atoms with Gasteiger partial charge in [0.2, 0.25) is 0 Å². The van der Waals surface area contributed by atoms with Gasteiger partial charge in [-0.05, 0) is 85.8 Å². The second-order valence-electron chi connectivity index (χ2n) is 9.32. The van der Waals surface area contributed by atoms with E-state index in [2.05, 4.69) is 0 Å². The lowest BCUT2D eigenvalue weighted by molar-refractivity contribution is -0.120. The minimum atomic E-state index is -1.53. The van der Waals surface area contributed by atoms with E-state index in [1.807, 2.05) is 55.5 Å². The Bertz CT molecular complexity index is 1490. The molecular weight excluding hydrogens is 441 g/mol. The van der Waals surface area contributed by atoms with E-state index in [1.165, 1.54) is 12.1 Å². The molecular formula is C30H26FNO3. The molecule has 0 saturated heterocycles. The highest BCUT2D eigenvalue weighted by Gasteiger charge is 2.55. The SMILES string of the molecule is Cc1cccc(N2C(=O)C(c3cc(C)c(O)c(C)c3)(c3cc(F)cc(C)c3O)c3ccccc32)c1. The van der Waals surface area contributed by atoms with Crippen molar-refractivity contribution in [2.24, 2.45) is 0 Å². The number of para-hydroxylation sites is 1. The molecule has 0 fully saturated rings. The molecule has 176 valence electrons. The maximum Gasteiger partial charge on any atom is 0.251 e. The molecule has 0 bridgehead atoms. The number of hydrogen-bond acceptors (Lipinski definition) is 3. The highest BCUT2D eigenvalue weighted by molar-refractivity contribution is 6.17. The van der Waals surface area contributed by atoms with Crippen LogP contribution in [0.15, 0.2) is 72.8 Å². The predicted octanol–water partition coefficient (Wildman–Crippen LogP) is 6.48. The fourth-order valence-electron chi connectivity index (χ4n) is 5.29. The monoisotopic (exact) mass is 467 g/mol. The van der Waals surface area contributed by atoms with Crippen LogP contribution in [0.2, 0.25) is 0 Å². The van der Waals surface area contributed by atoms with Crippen LogP contribution in [-0.2, 0) is 10.2 Å². The number of aryl methyl sites for hydroxylation is 4. The van der Waals surface area contributed by atoms with Crippen LogP contribution in [0.4, 0.5) is 15.8 Å². The van der Waals surface area contributed by atoms with E-state index >= 15 is 0 Å². The number of carbonyl (C=O) groups excluding carboxylic acids is 1. The molecule has 4 aromatic rings. The lowest BCUT2D eigenvalue weighted by Gasteiger charge is -2.32. The zero-order chi connectivity index (χ0) is 25.1. The van der Waals surface area contributed by atoms with Gasteiger partial charge in [-0.3, -0.25) is 9.69 Å². The summed E-state index contributed by atoms with van der Waals surface area (Å²) in [7, 11) is 0. The average molecular weight is 468 g/mol. The molecule has 1 aliphatic rings. The molecule has 1 aliphatic heterocycles. The molecule has 0 radical (unpaired) electrons. The van der Waals surface area contributed by atoms with Gasteiger partial charge in [0.25, 0.3) is 5.91 Å². The number of rotatable bonds is 3. The molecule has 5 rings (SSSR count). The number of amides is 1. The Kier molecular flexibility index (Phi) is 5.17. The summed E-state index contributed by atoms with van der Waals surface area (Å²) in [5.74, 6) is -0.864. The van der Waals surface area contributed by atoms with Crippen molar-refractivity contribution in [1.29, 1.82) is 0 Å². The topological polar surface area (TPSA) is 60.8 Å². The summed E-state index contributed by atoms with van der Waals surface area (Å²) in [6.07, 6.45) is 0. The Morgan fingerprint density at radius 3 is 2.09 bits per heavy atom. The first-order chi connectivity index (χ1) is 16.7. The summed E-state index contributed by atoms with van der Waals surface area (Å²) in [5, 5.41) is 21.7.